The van der Waals surface area contributed by atoms with Crippen molar-refractivity contribution in [3.05, 3.63) is 95.6 Å². The van der Waals surface area contributed by atoms with E-state index in [1.54, 1.807) is 42.5 Å². The van der Waals surface area contributed by atoms with Crippen LogP contribution in [0.3, 0.4) is 0 Å². The molecular formula is C24H24N2O3. The van der Waals surface area contributed by atoms with Crippen LogP contribution in [0.4, 0.5) is 5.69 Å². The van der Waals surface area contributed by atoms with Crippen LogP contribution in [-0.2, 0) is 6.61 Å². The zero-order valence-corrected chi connectivity index (χ0v) is 16.4. The van der Waals surface area contributed by atoms with Crippen LogP contribution in [-0.4, -0.2) is 18.4 Å². The van der Waals surface area contributed by atoms with E-state index in [-0.39, 0.29) is 11.8 Å². The first-order valence-electron chi connectivity index (χ1n) is 9.62. The SMILES string of the molecule is CCCNC(=O)c1ccccc1NC(=O)c1cccc(OCc2ccccc2)c1. The standard InChI is InChI=1S/C24H24N2O3/c1-2-15-25-24(28)21-13-6-7-14-22(21)26-23(27)19-11-8-12-20(16-19)29-17-18-9-4-3-5-10-18/h3-14,16H,2,15,17H2,1H3,(H,25,28)(H,26,27). The van der Waals surface area contributed by atoms with Gasteiger partial charge in [0, 0.05) is 12.1 Å². The van der Waals surface area contributed by atoms with Gasteiger partial charge < -0.3 is 15.4 Å². The lowest BCUT2D eigenvalue weighted by Crippen LogP contribution is -2.25. The maximum absolute atomic E-state index is 12.7. The molecule has 0 aliphatic heterocycles. The van der Waals surface area contributed by atoms with Gasteiger partial charge in [0.05, 0.1) is 11.3 Å². The third kappa shape index (κ3) is 5.69. The fraction of sp³-hybridized carbons (Fsp3) is 0.167. The zero-order valence-electron chi connectivity index (χ0n) is 16.4. The van der Waals surface area contributed by atoms with Crippen LogP contribution in [0.1, 0.15) is 39.6 Å². The molecule has 0 saturated heterocycles. The predicted molar refractivity (Wildman–Crippen MR) is 114 cm³/mol. The van der Waals surface area contributed by atoms with E-state index >= 15 is 0 Å². The van der Waals surface area contributed by atoms with Crippen molar-refractivity contribution in [3.8, 4) is 5.75 Å². The summed E-state index contributed by atoms with van der Waals surface area (Å²) in [7, 11) is 0. The lowest BCUT2D eigenvalue weighted by molar-refractivity contribution is 0.0954. The second-order valence-electron chi connectivity index (χ2n) is 6.56. The summed E-state index contributed by atoms with van der Waals surface area (Å²) in [5.74, 6) is 0.101. The van der Waals surface area contributed by atoms with Gasteiger partial charge in [-0.2, -0.15) is 0 Å². The van der Waals surface area contributed by atoms with E-state index in [0.29, 0.717) is 35.7 Å². The van der Waals surface area contributed by atoms with Gasteiger partial charge in [-0.3, -0.25) is 9.59 Å². The monoisotopic (exact) mass is 388 g/mol. The molecule has 2 amide bonds. The van der Waals surface area contributed by atoms with E-state index in [0.717, 1.165) is 12.0 Å². The second kappa shape index (κ2) is 10.1. The van der Waals surface area contributed by atoms with Crippen LogP contribution in [0.15, 0.2) is 78.9 Å². The van der Waals surface area contributed by atoms with Crippen LogP contribution in [0.5, 0.6) is 5.75 Å². The molecular weight excluding hydrogens is 364 g/mol. The Kier molecular flexibility index (Phi) is 7.00. The predicted octanol–water partition coefficient (Wildman–Crippen LogP) is 4.66. The van der Waals surface area contributed by atoms with Gasteiger partial charge in [-0.1, -0.05) is 55.5 Å². The summed E-state index contributed by atoms with van der Waals surface area (Å²) in [4.78, 5) is 25.1. The van der Waals surface area contributed by atoms with E-state index in [9.17, 15) is 9.59 Å². The van der Waals surface area contributed by atoms with Crippen molar-refractivity contribution in [2.75, 3.05) is 11.9 Å². The molecule has 0 saturated carbocycles. The molecule has 0 heterocycles. The maximum atomic E-state index is 12.7. The molecule has 5 heteroatoms. The van der Waals surface area contributed by atoms with Gasteiger partial charge in [-0.05, 0) is 42.3 Å². The molecule has 0 spiro atoms. The first kappa shape index (κ1) is 20.1. The number of carbonyl (C=O) groups is 2. The molecule has 0 radical (unpaired) electrons. The molecule has 5 nitrogen and oxygen atoms in total. The summed E-state index contributed by atoms with van der Waals surface area (Å²) < 4.78 is 5.80. The second-order valence-corrected chi connectivity index (χ2v) is 6.56. The molecule has 0 unspecified atom stereocenters. The van der Waals surface area contributed by atoms with Crippen molar-refractivity contribution in [2.45, 2.75) is 20.0 Å². The number of benzene rings is 3. The highest BCUT2D eigenvalue weighted by Gasteiger charge is 2.14. The van der Waals surface area contributed by atoms with Gasteiger partial charge in [0.25, 0.3) is 11.8 Å². The molecule has 3 rings (SSSR count). The highest BCUT2D eigenvalue weighted by molar-refractivity contribution is 6.09. The van der Waals surface area contributed by atoms with E-state index < -0.39 is 0 Å². The molecule has 0 aliphatic rings. The molecule has 3 aromatic rings. The van der Waals surface area contributed by atoms with E-state index in [1.807, 2.05) is 43.3 Å². The van der Waals surface area contributed by atoms with Crippen molar-refractivity contribution < 1.29 is 14.3 Å². The van der Waals surface area contributed by atoms with Crippen LogP contribution in [0.2, 0.25) is 0 Å². The summed E-state index contributed by atoms with van der Waals surface area (Å²) in [6.45, 7) is 3.00. The van der Waals surface area contributed by atoms with E-state index in [2.05, 4.69) is 10.6 Å². The minimum atomic E-state index is -0.300. The Morgan fingerprint density at radius 2 is 1.62 bits per heavy atom. The average Bonchev–Trinajstić information content (AvgIpc) is 2.77. The van der Waals surface area contributed by atoms with Crippen molar-refractivity contribution in [1.82, 2.24) is 5.32 Å². The summed E-state index contributed by atoms with van der Waals surface area (Å²) >= 11 is 0. The van der Waals surface area contributed by atoms with Crippen molar-refractivity contribution in [1.29, 1.82) is 0 Å². The fourth-order valence-electron chi connectivity index (χ4n) is 2.79. The van der Waals surface area contributed by atoms with Crippen LogP contribution in [0, 0.1) is 0 Å². The van der Waals surface area contributed by atoms with Gasteiger partial charge in [0.1, 0.15) is 12.4 Å². The number of rotatable bonds is 8. The molecule has 148 valence electrons. The quantitative estimate of drug-likeness (QED) is 0.590. The summed E-state index contributed by atoms with van der Waals surface area (Å²) in [5.41, 5.74) is 2.42. The summed E-state index contributed by atoms with van der Waals surface area (Å²) in [6.07, 6.45) is 0.843. The molecule has 29 heavy (non-hydrogen) atoms. The number of nitrogens with one attached hydrogen (secondary N) is 2. The molecule has 0 atom stereocenters. The Bertz CT molecular complexity index is 971. The Labute approximate surface area is 170 Å². The Morgan fingerprint density at radius 3 is 2.41 bits per heavy atom. The van der Waals surface area contributed by atoms with E-state index in [4.69, 9.17) is 4.74 Å². The summed E-state index contributed by atoms with van der Waals surface area (Å²) in [5, 5.41) is 5.66. The highest BCUT2D eigenvalue weighted by atomic mass is 16.5. The topological polar surface area (TPSA) is 67.4 Å². The van der Waals surface area contributed by atoms with Crippen molar-refractivity contribution >= 4 is 17.5 Å². The minimum absolute atomic E-state index is 0.206. The summed E-state index contributed by atoms with van der Waals surface area (Å²) in [6, 6.07) is 23.8. The lowest BCUT2D eigenvalue weighted by Gasteiger charge is -2.12. The Hall–Kier alpha value is -3.60. The molecule has 3 aromatic carbocycles. The number of para-hydroxylation sites is 1. The number of carbonyl (C=O) groups excluding carboxylic acids is 2. The molecule has 2 N–H and O–H groups in total. The smallest absolute Gasteiger partial charge is 0.255 e. The van der Waals surface area contributed by atoms with Gasteiger partial charge >= 0.3 is 0 Å². The number of hydrogen-bond donors (Lipinski definition) is 2. The van der Waals surface area contributed by atoms with Gasteiger partial charge in [0.15, 0.2) is 0 Å². The molecule has 0 bridgehead atoms. The first-order valence-corrected chi connectivity index (χ1v) is 9.62. The Balaban J connectivity index is 1.69. The number of ether oxygens (including phenoxy) is 1. The third-order valence-electron chi connectivity index (χ3n) is 4.30. The van der Waals surface area contributed by atoms with Crippen LogP contribution in [0.25, 0.3) is 0 Å². The first-order chi connectivity index (χ1) is 14.2. The number of amides is 2. The van der Waals surface area contributed by atoms with Crippen molar-refractivity contribution in [2.24, 2.45) is 0 Å². The average molecular weight is 388 g/mol. The van der Waals surface area contributed by atoms with E-state index in [1.165, 1.54) is 0 Å². The van der Waals surface area contributed by atoms with Gasteiger partial charge in [-0.15, -0.1) is 0 Å². The normalized spacial score (nSPS) is 10.2. The Morgan fingerprint density at radius 1 is 0.862 bits per heavy atom. The largest absolute Gasteiger partial charge is 0.489 e. The molecule has 0 aromatic heterocycles. The minimum Gasteiger partial charge on any atom is -0.489 e. The lowest BCUT2D eigenvalue weighted by atomic mass is 10.1. The van der Waals surface area contributed by atoms with Crippen LogP contribution < -0.4 is 15.4 Å². The third-order valence-corrected chi connectivity index (χ3v) is 4.30. The van der Waals surface area contributed by atoms with Gasteiger partial charge in [-0.25, -0.2) is 0 Å². The van der Waals surface area contributed by atoms with Gasteiger partial charge in [0.2, 0.25) is 0 Å². The van der Waals surface area contributed by atoms with Crippen LogP contribution >= 0.6 is 0 Å². The molecule has 0 fully saturated rings. The number of hydrogen-bond acceptors (Lipinski definition) is 3. The number of anilines is 1. The zero-order chi connectivity index (χ0) is 20.5. The highest BCUT2D eigenvalue weighted by Crippen LogP contribution is 2.19. The maximum Gasteiger partial charge on any atom is 0.255 e. The fourth-order valence-corrected chi connectivity index (χ4v) is 2.79. The molecule has 0 aliphatic carbocycles. The van der Waals surface area contributed by atoms with Crippen molar-refractivity contribution in [3.63, 3.8) is 0 Å².